The van der Waals surface area contributed by atoms with Gasteiger partial charge in [0.15, 0.2) is 9.84 Å². The van der Waals surface area contributed by atoms with Crippen molar-refractivity contribution in [1.29, 1.82) is 5.26 Å². The lowest BCUT2D eigenvalue weighted by Crippen LogP contribution is -2.42. The summed E-state index contributed by atoms with van der Waals surface area (Å²) in [7, 11) is -3.20. The molecule has 5 heteroatoms. The minimum Gasteiger partial charge on any atom is -0.381 e. The van der Waals surface area contributed by atoms with Crippen LogP contribution in [0.5, 0.6) is 0 Å². The highest BCUT2D eigenvalue weighted by molar-refractivity contribution is 7.92. The van der Waals surface area contributed by atoms with Crippen LogP contribution < -0.4 is 0 Å². The Morgan fingerprint density at radius 3 is 2.50 bits per heavy atom. The van der Waals surface area contributed by atoms with E-state index in [0.717, 1.165) is 25.7 Å². The second kappa shape index (κ2) is 6.91. The predicted molar refractivity (Wildman–Crippen MR) is 77.9 cm³/mol. The molecule has 1 saturated carbocycles. The van der Waals surface area contributed by atoms with Gasteiger partial charge in [-0.15, -0.1) is 0 Å². The summed E-state index contributed by atoms with van der Waals surface area (Å²) in [6, 6.07) is 2.25. The van der Waals surface area contributed by atoms with E-state index in [4.69, 9.17) is 4.74 Å². The fourth-order valence-electron chi connectivity index (χ4n) is 3.64. The molecule has 1 aliphatic heterocycles. The van der Waals surface area contributed by atoms with Gasteiger partial charge in [0.2, 0.25) is 0 Å². The van der Waals surface area contributed by atoms with Crippen LogP contribution in [-0.4, -0.2) is 32.1 Å². The van der Waals surface area contributed by atoms with Crippen LogP contribution >= 0.6 is 0 Å². The van der Waals surface area contributed by atoms with Crippen molar-refractivity contribution in [1.82, 2.24) is 0 Å². The van der Waals surface area contributed by atoms with Gasteiger partial charge in [0.1, 0.15) is 0 Å². The van der Waals surface area contributed by atoms with Crippen molar-refractivity contribution in [3.63, 3.8) is 0 Å². The molecule has 3 unspecified atom stereocenters. The molecule has 3 atom stereocenters. The molecule has 0 aromatic heterocycles. The van der Waals surface area contributed by atoms with Gasteiger partial charge in [-0.05, 0) is 38.0 Å². The standard InChI is InChI=1S/C15H25NO3S/c1-2-3-12-4-5-13(11-16)15(10-12)20(17,18)14-6-8-19-9-7-14/h12-15H,2-10H2,1H3. The predicted octanol–water partition coefficient (Wildman–Crippen LogP) is 2.69. The van der Waals surface area contributed by atoms with Gasteiger partial charge in [-0.25, -0.2) is 8.42 Å². The van der Waals surface area contributed by atoms with E-state index in [1.807, 2.05) is 0 Å². The second-order valence-corrected chi connectivity index (χ2v) is 8.59. The molecule has 0 spiro atoms. The van der Waals surface area contributed by atoms with Crippen LogP contribution in [0.2, 0.25) is 0 Å². The third-order valence-electron chi connectivity index (χ3n) is 4.82. The SMILES string of the molecule is CCCC1CCC(C#N)C(S(=O)(=O)C2CCOCC2)C1. The first-order valence-electron chi connectivity index (χ1n) is 7.79. The van der Waals surface area contributed by atoms with Gasteiger partial charge in [-0.3, -0.25) is 0 Å². The third-order valence-corrected chi connectivity index (χ3v) is 7.58. The van der Waals surface area contributed by atoms with E-state index in [-0.39, 0.29) is 11.2 Å². The maximum Gasteiger partial charge on any atom is 0.157 e. The summed E-state index contributed by atoms with van der Waals surface area (Å²) < 4.78 is 31.0. The summed E-state index contributed by atoms with van der Waals surface area (Å²) in [6.07, 6.45) is 5.79. The summed E-state index contributed by atoms with van der Waals surface area (Å²) in [5.74, 6) is 0.167. The van der Waals surface area contributed by atoms with Crippen LogP contribution in [-0.2, 0) is 14.6 Å². The van der Waals surface area contributed by atoms with E-state index in [1.54, 1.807) is 0 Å². The van der Waals surface area contributed by atoms with E-state index in [9.17, 15) is 13.7 Å². The van der Waals surface area contributed by atoms with Crippen molar-refractivity contribution in [2.24, 2.45) is 11.8 Å². The molecular weight excluding hydrogens is 274 g/mol. The van der Waals surface area contributed by atoms with Gasteiger partial charge >= 0.3 is 0 Å². The van der Waals surface area contributed by atoms with Crippen molar-refractivity contribution >= 4 is 9.84 Å². The zero-order valence-electron chi connectivity index (χ0n) is 12.3. The Hall–Kier alpha value is -0.600. The normalized spacial score (nSPS) is 32.7. The Labute approximate surface area is 122 Å². The summed E-state index contributed by atoms with van der Waals surface area (Å²) in [5, 5.41) is 8.56. The van der Waals surface area contributed by atoms with Crippen molar-refractivity contribution < 1.29 is 13.2 Å². The van der Waals surface area contributed by atoms with E-state index >= 15 is 0 Å². The molecule has 2 aliphatic rings. The fourth-order valence-corrected chi connectivity index (χ4v) is 6.18. The van der Waals surface area contributed by atoms with Crippen molar-refractivity contribution in [3.8, 4) is 6.07 Å². The molecule has 1 saturated heterocycles. The molecule has 4 nitrogen and oxygen atoms in total. The molecular formula is C15H25NO3S. The molecule has 0 amide bonds. The van der Waals surface area contributed by atoms with Gasteiger partial charge in [0.25, 0.3) is 0 Å². The minimum atomic E-state index is -3.20. The van der Waals surface area contributed by atoms with Crippen LogP contribution in [0.1, 0.15) is 51.9 Å². The maximum atomic E-state index is 12.9. The first-order valence-corrected chi connectivity index (χ1v) is 9.40. The first-order chi connectivity index (χ1) is 9.59. The highest BCUT2D eigenvalue weighted by Gasteiger charge is 2.43. The molecule has 1 heterocycles. The number of rotatable bonds is 4. The average molecular weight is 299 g/mol. The van der Waals surface area contributed by atoms with Crippen LogP contribution in [0.15, 0.2) is 0 Å². The van der Waals surface area contributed by atoms with Gasteiger partial charge in [0.05, 0.1) is 22.5 Å². The Bertz CT molecular complexity index is 448. The van der Waals surface area contributed by atoms with Gasteiger partial charge in [0, 0.05) is 13.2 Å². The number of hydrogen-bond acceptors (Lipinski definition) is 4. The summed E-state index contributed by atoms with van der Waals surface area (Å²) in [4.78, 5) is 0. The lowest BCUT2D eigenvalue weighted by Gasteiger charge is -2.35. The molecule has 0 bridgehead atoms. The number of hydrogen-bond donors (Lipinski definition) is 0. The quantitative estimate of drug-likeness (QED) is 0.800. The number of ether oxygens (including phenoxy) is 1. The van der Waals surface area contributed by atoms with Crippen molar-refractivity contribution in [2.45, 2.75) is 62.4 Å². The van der Waals surface area contributed by atoms with Gasteiger partial charge < -0.3 is 4.74 Å². The van der Waals surface area contributed by atoms with E-state index in [1.165, 1.54) is 0 Å². The smallest absolute Gasteiger partial charge is 0.157 e. The monoisotopic (exact) mass is 299 g/mol. The van der Waals surface area contributed by atoms with Crippen LogP contribution in [0.4, 0.5) is 0 Å². The van der Waals surface area contributed by atoms with Gasteiger partial charge in [-0.2, -0.15) is 5.26 Å². The Kier molecular flexibility index (Phi) is 5.45. The Balaban J connectivity index is 2.14. The molecule has 2 rings (SSSR count). The minimum absolute atomic E-state index is 0.294. The third kappa shape index (κ3) is 3.35. The van der Waals surface area contributed by atoms with Crippen molar-refractivity contribution in [2.75, 3.05) is 13.2 Å². The first kappa shape index (κ1) is 15.8. The fraction of sp³-hybridized carbons (Fsp3) is 0.933. The zero-order valence-corrected chi connectivity index (χ0v) is 13.1. The summed E-state index contributed by atoms with van der Waals surface area (Å²) in [6.45, 7) is 3.21. The van der Waals surface area contributed by atoms with Crippen LogP contribution in [0.3, 0.4) is 0 Å². The van der Waals surface area contributed by atoms with E-state index in [2.05, 4.69) is 13.0 Å². The van der Waals surface area contributed by atoms with Crippen LogP contribution in [0.25, 0.3) is 0 Å². The van der Waals surface area contributed by atoms with E-state index < -0.39 is 15.1 Å². The largest absolute Gasteiger partial charge is 0.381 e. The summed E-state index contributed by atoms with van der Waals surface area (Å²) in [5.41, 5.74) is 0. The molecule has 0 aromatic rings. The summed E-state index contributed by atoms with van der Waals surface area (Å²) >= 11 is 0. The second-order valence-electron chi connectivity index (χ2n) is 6.14. The lowest BCUT2D eigenvalue weighted by atomic mass is 9.80. The number of nitriles is 1. The van der Waals surface area contributed by atoms with Gasteiger partial charge in [-0.1, -0.05) is 19.8 Å². The lowest BCUT2D eigenvalue weighted by molar-refractivity contribution is 0.0979. The Morgan fingerprint density at radius 2 is 1.90 bits per heavy atom. The Morgan fingerprint density at radius 1 is 1.20 bits per heavy atom. The van der Waals surface area contributed by atoms with Crippen LogP contribution in [0, 0.1) is 23.2 Å². The zero-order chi connectivity index (χ0) is 14.6. The molecule has 114 valence electrons. The number of sulfone groups is 1. The molecule has 20 heavy (non-hydrogen) atoms. The molecule has 0 N–H and O–H groups in total. The highest BCUT2D eigenvalue weighted by Crippen LogP contribution is 2.38. The number of nitrogens with zero attached hydrogens (tertiary/aromatic N) is 1. The molecule has 0 radical (unpaired) electrons. The molecule has 0 aromatic carbocycles. The average Bonchev–Trinajstić information content (AvgIpc) is 2.48. The topological polar surface area (TPSA) is 67.2 Å². The maximum absolute atomic E-state index is 12.9. The van der Waals surface area contributed by atoms with E-state index in [0.29, 0.717) is 38.4 Å². The molecule has 2 fully saturated rings. The highest BCUT2D eigenvalue weighted by atomic mass is 32.2. The van der Waals surface area contributed by atoms with Crippen molar-refractivity contribution in [3.05, 3.63) is 0 Å². The molecule has 1 aliphatic carbocycles.